The second-order valence-corrected chi connectivity index (χ2v) is 6.11. The molecule has 0 aliphatic rings. The number of aryl methyl sites for hydroxylation is 1. The van der Waals surface area contributed by atoms with E-state index in [-0.39, 0.29) is 11.8 Å². The maximum absolute atomic E-state index is 13.0. The predicted molar refractivity (Wildman–Crippen MR) is 93.9 cm³/mol. The van der Waals surface area contributed by atoms with Crippen LogP contribution in [0.2, 0.25) is 0 Å². The molecule has 0 saturated carbocycles. The number of nitrogens with one attached hydrogen (secondary N) is 2. The van der Waals surface area contributed by atoms with Crippen molar-refractivity contribution < 1.29 is 4.39 Å². The minimum absolute atomic E-state index is 0.108. The molecule has 10 heteroatoms. The molecule has 0 aliphatic carbocycles. The van der Waals surface area contributed by atoms with Crippen LogP contribution in [-0.4, -0.2) is 30.1 Å². The van der Waals surface area contributed by atoms with Gasteiger partial charge in [0.1, 0.15) is 17.5 Å². The summed E-state index contributed by atoms with van der Waals surface area (Å²) in [5, 5.41) is 10.7. The van der Waals surface area contributed by atoms with Gasteiger partial charge in [-0.15, -0.1) is 5.10 Å². The Kier molecular flexibility index (Phi) is 5.39. The molecule has 0 amide bonds. The third-order valence-corrected chi connectivity index (χ3v) is 3.97. The molecule has 130 valence electrons. The van der Waals surface area contributed by atoms with E-state index in [1.165, 1.54) is 23.9 Å². The molecule has 0 saturated heterocycles. The van der Waals surface area contributed by atoms with Gasteiger partial charge in [-0.3, -0.25) is 5.10 Å². The summed E-state index contributed by atoms with van der Waals surface area (Å²) >= 11 is 1.41. The fraction of sp³-hybridized carbons (Fsp3) is 0.267. The monoisotopic (exact) mass is 360 g/mol. The van der Waals surface area contributed by atoms with Gasteiger partial charge >= 0.3 is 0 Å². The Balaban J connectivity index is 1.67. The van der Waals surface area contributed by atoms with Crippen molar-refractivity contribution in [1.82, 2.24) is 30.1 Å². The van der Waals surface area contributed by atoms with Gasteiger partial charge in [0.25, 0.3) is 0 Å². The molecule has 0 atom stereocenters. The van der Waals surface area contributed by atoms with Gasteiger partial charge in [-0.1, -0.05) is 18.7 Å². The normalized spacial score (nSPS) is 10.8. The second kappa shape index (κ2) is 7.88. The SMILES string of the molecule is CCCc1nc(SCc2nc(N)nc(Nc3ccc(F)cc3)n2)n[nH]1. The number of nitrogens with zero attached hydrogens (tertiary/aromatic N) is 5. The Hall–Kier alpha value is -2.75. The minimum atomic E-state index is -0.313. The van der Waals surface area contributed by atoms with Crippen molar-refractivity contribution in [3.8, 4) is 0 Å². The molecular weight excluding hydrogens is 343 g/mol. The Morgan fingerprint density at radius 3 is 2.72 bits per heavy atom. The van der Waals surface area contributed by atoms with Crippen LogP contribution in [-0.2, 0) is 12.2 Å². The Morgan fingerprint density at radius 2 is 1.96 bits per heavy atom. The zero-order chi connectivity index (χ0) is 17.6. The second-order valence-electron chi connectivity index (χ2n) is 5.17. The Bertz CT molecular complexity index is 836. The lowest BCUT2D eigenvalue weighted by molar-refractivity contribution is 0.628. The molecule has 0 radical (unpaired) electrons. The summed E-state index contributed by atoms with van der Waals surface area (Å²) in [7, 11) is 0. The van der Waals surface area contributed by atoms with Gasteiger partial charge in [-0.2, -0.15) is 15.0 Å². The summed E-state index contributed by atoms with van der Waals surface area (Å²) in [5.74, 6) is 1.91. The van der Waals surface area contributed by atoms with E-state index < -0.39 is 0 Å². The van der Waals surface area contributed by atoms with E-state index in [0.717, 1.165) is 18.7 Å². The van der Waals surface area contributed by atoms with E-state index in [1.807, 2.05) is 0 Å². The fourth-order valence-electron chi connectivity index (χ4n) is 2.04. The molecule has 2 heterocycles. The van der Waals surface area contributed by atoms with E-state index in [9.17, 15) is 4.39 Å². The first-order valence-electron chi connectivity index (χ1n) is 7.69. The number of nitrogen functional groups attached to an aromatic ring is 1. The zero-order valence-electron chi connectivity index (χ0n) is 13.5. The first-order valence-corrected chi connectivity index (χ1v) is 8.68. The average molecular weight is 360 g/mol. The molecule has 1 aromatic carbocycles. The first kappa shape index (κ1) is 17.1. The van der Waals surface area contributed by atoms with Crippen molar-refractivity contribution in [2.45, 2.75) is 30.7 Å². The molecule has 8 nitrogen and oxygen atoms in total. The maximum atomic E-state index is 13.0. The summed E-state index contributed by atoms with van der Waals surface area (Å²) < 4.78 is 13.0. The molecule has 0 fully saturated rings. The molecule has 2 aromatic heterocycles. The molecular formula is C15H17FN8S. The molecule has 0 aliphatic heterocycles. The quantitative estimate of drug-likeness (QED) is 0.550. The third-order valence-electron chi connectivity index (χ3n) is 3.13. The molecule has 0 spiro atoms. The van der Waals surface area contributed by atoms with E-state index in [1.54, 1.807) is 12.1 Å². The minimum Gasteiger partial charge on any atom is -0.368 e. The largest absolute Gasteiger partial charge is 0.368 e. The van der Waals surface area contributed by atoms with Gasteiger partial charge in [0.15, 0.2) is 0 Å². The van der Waals surface area contributed by atoms with E-state index in [0.29, 0.717) is 28.4 Å². The van der Waals surface area contributed by atoms with Gasteiger partial charge in [0.2, 0.25) is 17.1 Å². The van der Waals surface area contributed by atoms with Crippen LogP contribution < -0.4 is 11.1 Å². The lowest BCUT2D eigenvalue weighted by Crippen LogP contribution is -2.06. The van der Waals surface area contributed by atoms with Gasteiger partial charge in [0, 0.05) is 12.1 Å². The van der Waals surface area contributed by atoms with Crippen LogP contribution in [0.3, 0.4) is 0 Å². The highest BCUT2D eigenvalue weighted by atomic mass is 32.2. The van der Waals surface area contributed by atoms with Crippen molar-refractivity contribution >= 4 is 29.3 Å². The summed E-state index contributed by atoms with van der Waals surface area (Å²) in [6.45, 7) is 2.08. The Morgan fingerprint density at radius 1 is 1.16 bits per heavy atom. The number of thioether (sulfide) groups is 1. The van der Waals surface area contributed by atoms with Crippen molar-refractivity contribution in [2.24, 2.45) is 0 Å². The molecule has 3 rings (SSSR count). The van der Waals surface area contributed by atoms with Crippen LogP contribution in [0.1, 0.15) is 25.0 Å². The molecule has 3 aromatic rings. The van der Waals surface area contributed by atoms with E-state index >= 15 is 0 Å². The summed E-state index contributed by atoms with van der Waals surface area (Å²) in [5.41, 5.74) is 6.40. The number of halogens is 1. The standard InChI is InChI=1S/C15H17FN8S/c1-2-3-11-21-15(24-23-11)25-8-12-19-13(17)22-14(20-12)18-10-6-4-9(16)5-7-10/h4-7H,2-3,8H2,1H3,(H,21,23,24)(H3,17,18,19,20,22). The van der Waals surface area contributed by atoms with Crippen molar-refractivity contribution in [2.75, 3.05) is 11.1 Å². The average Bonchev–Trinajstić information content (AvgIpc) is 3.03. The van der Waals surface area contributed by atoms with Gasteiger partial charge in [0.05, 0.1) is 5.75 Å². The molecule has 0 bridgehead atoms. The topological polar surface area (TPSA) is 118 Å². The van der Waals surface area contributed by atoms with Gasteiger partial charge in [-0.05, 0) is 30.7 Å². The van der Waals surface area contributed by atoms with Crippen LogP contribution in [0.15, 0.2) is 29.4 Å². The van der Waals surface area contributed by atoms with Gasteiger partial charge in [-0.25, -0.2) is 9.37 Å². The number of hydrogen-bond acceptors (Lipinski definition) is 8. The van der Waals surface area contributed by atoms with Crippen LogP contribution in [0.25, 0.3) is 0 Å². The molecule has 0 unspecified atom stereocenters. The van der Waals surface area contributed by atoms with Crippen molar-refractivity contribution in [3.05, 3.63) is 41.7 Å². The number of H-pyrrole nitrogens is 1. The summed E-state index contributed by atoms with van der Waals surface area (Å²) in [6, 6.07) is 5.88. The van der Waals surface area contributed by atoms with E-state index in [4.69, 9.17) is 5.73 Å². The molecule has 25 heavy (non-hydrogen) atoms. The number of rotatable bonds is 7. The number of nitrogens with two attached hydrogens (primary N) is 1. The predicted octanol–water partition coefficient (Wildman–Crippen LogP) is 2.70. The highest BCUT2D eigenvalue weighted by molar-refractivity contribution is 7.98. The smallest absolute Gasteiger partial charge is 0.232 e. The first-order chi connectivity index (χ1) is 12.1. The van der Waals surface area contributed by atoms with Crippen LogP contribution in [0.5, 0.6) is 0 Å². The van der Waals surface area contributed by atoms with Gasteiger partial charge < -0.3 is 11.1 Å². The van der Waals surface area contributed by atoms with Crippen LogP contribution in [0.4, 0.5) is 22.0 Å². The third kappa shape index (κ3) is 4.86. The van der Waals surface area contributed by atoms with Crippen molar-refractivity contribution in [3.63, 3.8) is 0 Å². The number of aromatic nitrogens is 6. The highest BCUT2D eigenvalue weighted by Gasteiger charge is 2.09. The molecule has 4 N–H and O–H groups in total. The van der Waals surface area contributed by atoms with Crippen LogP contribution >= 0.6 is 11.8 Å². The highest BCUT2D eigenvalue weighted by Crippen LogP contribution is 2.19. The number of hydrogen-bond donors (Lipinski definition) is 3. The van der Waals surface area contributed by atoms with E-state index in [2.05, 4.69) is 42.4 Å². The van der Waals surface area contributed by atoms with Crippen LogP contribution in [0, 0.1) is 5.82 Å². The Labute approximate surface area is 147 Å². The summed E-state index contributed by atoms with van der Waals surface area (Å²) in [4.78, 5) is 16.9. The fourth-order valence-corrected chi connectivity index (χ4v) is 2.71. The maximum Gasteiger partial charge on any atom is 0.232 e. The number of benzene rings is 1. The lowest BCUT2D eigenvalue weighted by Gasteiger charge is -2.06. The number of aromatic amines is 1. The lowest BCUT2D eigenvalue weighted by atomic mass is 10.3. The number of anilines is 3. The zero-order valence-corrected chi connectivity index (χ0v) is 14.3. The van der Waals surface area contributed by atoms with Crippen molar-refractivity contribution in [1.29, 1.82) is 0 Å². The summed E-state index contributed by atoms with van der Waals surface area (Å²) in [6.07, 6.45) is 1.86.